The predicted molar refractivity (Wildman–Crippen MR) is 108 cm³/mol. The molecule has 0 bridgehead atoms. The van der Waals surface area contributed by atoms with Crippen LogP contribution in [-0.2, 0) is 6.61 Å². The zero-order valence-corrected chi connectivity index (χ0v) is 15.8. The molecular weight excluding hydrogens is 392 g/mol. The monoisotopic (exact) mass is 409 g/mol. The SMILES string of the molecule is O=c1c2cccc(CO)c2oc2cc(C3CCC3)n(-c3cccc(F)c3F)c(=O)c12. The highest BCUT2D eigenvalue weighted by Crippen LogP contribution is 2.38. The Kier molecular flexibility index (Phi) is 4.29. The van der Waals surface area contributed by atoms with Gasteiger partial charge in [-0.15, -0.1) is 0 Å². The van der Waals surface area contributed by atoms with E-state index in [9.17, 15) is 23.5 Å². The summed E-state index contributed by atoms with van der Waals surface area (Å²) in [5.41, 5.74) is -0.350. The van der Waals surface area contributed by atoms with Crippen LogP contribution in [0.5, 0.6) is 0 Å². The molecular formula is C23H17F2NO4. The summed E-state index contributed by atoms with van der Waals surface area (Å²) < 4.78 is 35.5. The number of pyridine rings is 1. The van der Waals surface area contributed by atoms with Crippen molar-refractivity contribution in [1.82, 2.24) is 4.57 Å². The summed E-state index contributed by atoms with van der Waals surface area (Å²) in [5.74, 6) is -2.25. The van der Waals surface area contributed by atoms with E-state index in [1.807, 2.05) is 0 Å². The lowest BCUT2D eigenvalue weighted by atomic mass is 9.82. The first kappa shape index (κ1) is 18.7. The standard InChI is InChI=1S/C23H17F2NO4/c24-15-8-3-9-16(20(15)25)26-17(12-4-1-5-12)10-18-19(23(26)29)21(28)14-7-2-6-13(11-27)22(14)30-18/h2-3,6-10,12,27H,1,4-5,11H2. The number of para-hydroxylation sites is 1. The fraction of sp³-hybridized carbons (Fsp3) is 0.217. The number of aliphatic hydroxyl groups is 1. The van der Waals surface area contributed by atoms with Crippen molar-refractivity contribution in [2.45, 2.75) is 31.8 Å². The highest BCUT2D eigenvalue weighted by Gasteiger charge is 2.28. The molecule has 1 N–H and O–H groups in total. The van der Waals surface area contributed by atoms with Gasteiger partial charge in [-0.2, -0.15) is 0 Å². The van der Waals surface area contributed by atoms with Crippen LogP contribution in [0.2, 0.25) is 0 Å². The molecule has 5 rings (SSSR count). The summed E-state index contributed by atoms with van der Waals surface area (Å²) in [6.07, 6.45) is 2.54. The first-order valence-corrected chi connectivity index (χ1v) is 9.71. The summed E-state index contributed by atoms with van der Waals surface area (Å²) in [4.78, 5) is 26.6. The molecule has 0 atom stereocenters. The molecule has 1 fully saturated rings. The molecule has 2 heterocycles. The average Bonchev–Trinajstić information content (AvgIpc) is 2.69. The molecule has 1 aliphatic carbocycles. The second-order valence-corrected chi connectivity index (χ2v) is 7.53. The van der Waals surface area contributed by atoms with Crippen molar-refractivity contribution in [3.05, 3.63) is 85.9 Å². The van der Waals surface area contributed by atoms with E-state index in [4.69, 9.17) is 4.42 Å². The normalized spacial score (nSPS) is 14.4. The van der Waals surface area contributed by atoms with E-state index >= 15 is 0 Å². The molecule has 5 nitrogen and oxygen atoms in total. The molecule has 30 heavy (non-hydrogen) atoms. The van der Waals surface area contributed by atoms with Gasteiger partial charge in [0.25, 0.3) is 5.56 Å². The summed E-state index contributed by atoms with van der Waals surface area (Å²) in [6, 6.07) is 9.92. The molecule has 0 aliphatic heterocycles. The third-order valence-electron chi connectivity index (χ3n) is 5.85. The molecule has 0 unspecified atom stereocenters. The van der Waals surface area contributed by atoms with Crippen LogP contribution in [0.1, 0.15) is 36.4 Å². The maximum absolute atomic E-state index is 14.6. The van der Waals surface area contributed by atoms with Crippen molar-refractivity contribution in [2.75, 3.05) is 0 Å². The van der Waals surface area contributed by atoms with Gasteiger partial charge in [0.05, 0.1) is 17.7 Å². The van der Waals surface area contributed by atoms with Crippen LogP contribution in [0, 0.1) is 11.6 Å². The number of aliphatic hydroxyl groups excluding tert-OH is 1. The van der Waals surface area contributed by atoms with Crippen LogP contribution in [-0.4, -0.2) is 9.67 Å². The van der Waals surface area contributed by atoms with Gasteiger partial charge in [-0.3, -0.25) is 14.2 Å². The first-order valence-electron chi connectivity index (χ1n) is 9.71. The largest absolute Gasteiger partial charge is 0.455 e. The molecule has 1 saturated carbocycles. The quantitative estimate of drug-likeness (QED) is 0.517. The summed E-state index contributed by atoms with van der Waals surface area (Å²) in [5, 5.41) is 9.50. The van der Waals surface area contributed by atoms with E-state index in [1.54, 1.807) is 18.2 Å². The Morgan fingerprint density at radius 1 is 1.10 bits per heavy atom. The molecule has 0 spiro atoms. The lowest BCUT2D eigenvalue weighted by Crippen LogP contribution is -2.29. The van der Waals surface area contributed by atoms with Crippen LogP contribution in [0.3, 0.4) is 0 Å². The first-order chi connectivity index (χ1) is 14.5. The molecule has 0 radical (unpaired) electrons. The second-order valence-electron chi connectivity index (χ2n) is 7.53. The van der Waals surface area contributed by atoms with Crippen molar-refractivity contribution in [3.8, 4) is 5.69 Å². The van der Waals surface area contributed by atoms with Crippen molar-refractivity contribution < 1.29 is 18.3 Å². The third kappa shape index (κ3) is 2.62. The number of hydrogen-bond acceptors (Lipinski definition) is 4. The van der Waals surface area contributed by atoms with Crippen molar-refractivity contribution in [3.63, 3.8) is 0 Å². The minimum Gasteiger partial charge on any atom is -0.455 e. The number of aromatic nitrogens is 1. The topological polar surface area (TPSA) is 72.4 Å². The van der Waals surface area contributed by atoms with E-state index in [0.717, 1.165) is 29.9 Å². The molecule has 4 aromatic rings. The van der Waals surface area contributed by atoms with E-state index in [1.165, 1.54) is 18.2 Å². The second kappa shape index (κ2) is 6.88. The number of benzene rings is 2. The fourth-order valence-electron chi connectivity index (χ4n) is 4.07. The van der Waals surface area contributed by atoms with Crippen molar-refractivity contribution in [2.24, 2.45) is 0 Å². The molecule has 0 saturated heterocycles. The maximum Gasteiger partial charge on any atom is 0.270 e. The van der Waals surface area contributed by atoms with Gasteiger partial charge in [0.2, 0.25) is 5.43 Å². The smallest absolute Gasteiger partial charge is 0.270 e. The van der Waals surface area contributed by atoms with Gasteiger partial charge in [-0.05, 0) is 37.0 Å². The van der Waals surface area contributed by atoms with Gasteiger partial charge >= 0.3 is 0 Å². The minimum atomic E-state index is -1.15. The van der Waals surface area contributed by atoms with Gasteiger partial charge in [-0.25, -0.2) is 8.78 Å². The highest BCUT2D eigenvalue weighted by molar-refractivity contribution is 5.91. The van der Waals surface area contributed by atoms with Gasteiger partial charge in [0.15, 0.2) is 11.6 Å². The van der Waals surface area contributed by atoms with E-state index in [0.29, 0.717) is 11.3 Å². The van der Waals surface area contributed by atoms with Crippen LogP contribution >= 0.6 is 0 Å². The molecule has 1 aliphatic rings. The number of rotatable bonds is 3. The molecule has 7 heteroatoms. The summed E-state index contributed by atoms with van der Waals surface area (Å²) in [7, 11) is 0. The highest BCUT2D eigenvalue weighted by atomic mass is 19.2. The minimum absolute atomic E-state index is 0.0288. The Labute approximate surface area is 168 Å². The average molecular weight is 409 g/mol. The Bertz CT molecular complexity index is 1430. The lowest BCUT2D eigenvalue weighted by Gasteiger charge is -2.28. The summed E-state index contributed by atoms with van der Waals surface area (Å²) >= 11 is 0. The van der Waals surface area contributed by atoms with E-state index in [-0.39, 0.29) is 40.2 Å². The van der Waals surface area contributed by atoms with E-state index in [2.05, 4.69) is 0 Å². The zero-order valence-electron chi connectivity index (χ0n) is 15.8. The number of nitrogens with zero attached hydrogens (tertiary/aromatic N) is 1. The van der Waals surface area contributed by atoms with E-state index < -0.39 is 22.6 Å². The maximum atomic E-state index is 14.6. The van der Waals surface area contributed by atoms with Gasteiger partial charge < -0.3 is 9.52 Å². The molecule has 2 aromatic heterocycles. The Morgan fingerprint density at radius 2 is 1.87 bits per heavy atom. The fourth-order valence-corrected chi connectivity index (χ4v) is 4.07. The van der Waals surface area contributed by atoms with Crippen LogP contribution in [0.4, 0.5) is 8.78 Å². The lowest BCUT2D eigenvalue weighted by molar-refractivity contribution is 0.282. The molecule has 152 valence electrons. The molecule has 0 amide bonds. The Hall–Kier alpha value is -3.32. The van der Waals surface area contributed by atoms with Crippen molar-refractivity contribution >= 4 is 21.9 Å². The van der Waals surface area contributed by atoms with Crippen LogP contribution < -0.4 is 11.0 Å². The number of fused-ring (bicyclic) bond motifs is 2. The zero-order chi connectivity index (χ0) is 21.0. The van der Waals surface area contributed by atoms with Crippen LogP contribution in [0.25, 0.3) is 27.6 Å². The number of hydrogen-bond donors (Lipinski definition) is 1. The van der Waals surface area contributed by atoms with Gasteiger partial charge in [0.1, 0.15) is 16.6 Å². The Morgan fingerprint density at radius 3 is 2.57 bits per heavy atom. The van der Waals surface area contributed by atoms with Crippen LogP contribution in [0.15, 0.2) is 56.5 Å². The van der Waals surface area contributed by atoms with Crippen molar-refractivity contribution in [1.29, 1.82) is 0 Å². The predicted octanol–water partition coefficient (Wildman–Crippen LogP) is 4.14. The third-order valence-corrected chi connectivity index (χ3v) is 5.85. The van der Waals surface area contributed by atoms with Gasteiger partial charge in [-0.1, -0.05) is 24.6 Å². The number of halogens is 2. The Balaban J connectivity index is 1.95. The summed E-state index contributed by atoms with van der Waals surface area (Å²) in [6.45, 7) is -0.327. The van der Waals surface area contributed by atoms with Gasteiger partial charge in [0, 0.05) is 17.3 Å². The molecule has 2 aromatic carbocycles.